The van der Waals surface area contributed by atoms with Gasteiger partial charge in [-0.05, 0) is 80.8 Å². The topological polar surface area (TPSA) is 55.4 Å². The van der Waals surface area contributed by atoms with E-state index in [1.165, 1.54) is 38.5 Å². The molecule has 0 unspecified atom stereocenters. The van der Waals surface area contributed by atoms with Crippen LogP contribution >= 0.6 is 11.6 Å². The molecule has 1 atom stereocenters. The Labute approximate surface area is 159 Å². The van der Waals surface area contributed by atoms with Crippen LogP contribution in [-0.4, -0.2) is 24.5 Å². The maximum atomic E-state index is 12.3. The molecule has 4 nitrogen and oxygen atoms in total. The first-order valence-electron chi connectivity index (χ1n) is 9.66. The molecule has 5 heteroatoms. The second-order valence-corrected chi connectivity index (χ2v) is 9.03. The molecule has 4 bridgehead atoms. The number of hydrogen-bond acceptors (Lipinski definition) is 3. The summed E-state index contributed by atoms with van der Waals surface area (Å²) in [4.78, 5) is 24.4. The number of carbonyl (C=O) groups is 2. The van der Waals surface area contributed by atoms with Crippen LogP contribution in [0.2, 0.25) is 5.02 Å². The van der Waals surface area contributed by atoms with Crippen LogP contribution in [0.4, 0.5) is 0 Å². The van der Waals surface area contributed by atoms with Gasteiger partial charge in [-0.1, -0.05) is 23.7 Å². The number of amides is 1. The van der Waals surface area contributed by atoms with E-state index in [0.29, 0.717) is 5.02 Å². The predicted molar refractivity (Wildman–Crippen MR) is 99.9 cm³/mol. The molecule has 4 aliphatic carbocycles. The first-order chi connectivity index (χ1) is 12.4. The number of esters is 1. The van der Waals surface area contributed by atoms with Crippen molar-refractivity contribution < 1.29 is 14.3 Å². The third-order valence-electron chi connectivity index (χ3n) is 6.81. The summed E-state index contributed by atoms with van der Waals surface area (Å²) in [5.74, 6) is 1.75. The molecule has 0 heterocycles. The van der Waals surface area contributed by atoms with Gasteiger partial charge in [0, 0.05) is 6.04 Å². The lowest BCUT2D eigenvalue weighted by Gasteiger charge is -2.59. The van der Waals surface area contributed by atoms with Crippen LogP contribution < -0.4 is 5.32 Å². The molecule has 1 aromatic rings. The molecule has 0 aromatic heterocycles. The first-order valence-corrected chi connectivity index (χ1v) is 10.0. The van der Waals surface area contributed by atoms with Gasteiger partial charge >= 0.3 is 5.97 Å². The number of nitrogens with one attached hydrogen (secondary N) is 1. The molecule has 4 aliphatic rings. The molecule has 1 N–H and O–H groups in total. The minimum absolute atomic E-state index is 0.127. The molecule has 5 rings (SSSR count). The number of benzene rings is 1. The van der Waals surface area contributed by atoms with Crippen molar-refractivity contribution in [3.8, 4) is 0 Å². The Morgan fingerprint density at radius 3 is 2.31 bits per heavy atom. The zero-order valence-electron chi connectivity index (χ0n) is 15.2. The smallest absolute Gasteiger partial charge is 0.340 e. The van der Waals surface area contributed by atoms with Gasteiger partial charge in [0.15, 0.2) is 6.61 Å². The van der Waals surface area contributed by atoms with Crippen LogP contribution in [0.3, 0.4) is 0 Å². The molecule has 4 fully saturated rings. The van der Waals surface area contributed by atoms with Gasteiger partial charge in [-0.15, -0.1) is 0 Å². The Balaban J connectivity index is 1.32. The van der Waals surface area contributed by atoms with Crippen LogP contribution in [0.25, 0.3) is 0 Å². The van der Waals surface area contributed by atoms with E-state index in [-0.39, 0.29) is 29.5 Å². The van der Waals surface area contributed by atoms with Gasteiger partial charge in [-0.25, -0.2) is 4.79 Å². The maximum absolute atomic E-state index is 12.3. The van der Waals surface area contributed by atoms with Crippen molar-refractivity contribution in [2.75, 3.05) is 6.61 Å². The van der Waals surface area contributed by atoms with Gasteiger partial charge in [-0.3, -0.25) is 4.79 Å². The average Bonchev–Trinajstić information content (AvgIpc) is 2.59. The molecule has 4 saturated carbocycles. The molecule has 1 amide bonds. The molecule has 0 saturated heterocycles. The summed E-state index contributed by atoms with van der Waals surface area (Å²) in [6, 6.07) is 6.83. The largest absolute Gasteiger partial charge is 0.452 e. The lowest BCUT2D eigenvalue weighted by Crippen LogP contribution is -2.56. The fourth-order valence-electron chi connectivity index (χ4n) is 5.98. The summed E-state index contributed by atoms with van der Waals surface area (Å²) in [7, 11) is 0. The Morgan fingerprint density at radius 1 is 1.15 bits per heavy atom. The minimum atomic E-state index is -0.562. The summed E-state index contributed by atoms with van der Waals surface area (Å²) in [5, 5.41) is 3.44. The van der Waals surface area contributed by atoms with E-state index in [9.17, 15) is 9.59 Å². The van der Waals surface area contributed by atoms with Gasteiger partial charge in [-0.2, -0.15) is 0 Å². The Bertz CT molecular complexity index is 682. The van der Waals surface area contributed by atoms with Crippen LogP contribution in [0, 0.1) is 23.2 Å². The lowest BCUT2D eigenvalue weighted by atomic mass is 9.48. The molecular weight excluding hydrogens is 350 g/mol. The summed E-state index contributed by atoms with van der Waals surface area (Å²) < 4.78 is 5.16. The molecule has 26 heavy (non-hydrogen) atoms. The van der Waals surface area contributed by atoms with Crippen molar-refractivity contribution in [3.05, 3.63) is 34.9 Å². The van der Waals surface area contributed by atoms with Crippen LogP contribution in [-0.2, 0) is 9.53 Å². The SMILES string of the molecule is C[C@H](NC(=O)COC(=O)c1ccccc1Cl)C12CC3CC(CC(C3)C1)C2. The van der Waals surface area contributed by atoms with Crippen LogP contribution in [0.15, 0.2) is 24.3 Å². The van der Waals surface area contributed by atoms with Crippen molar-refractivity contribution in [1.29, 1.82) is 0 Å². The Kier molecular flexibility index (Phi) is 4.72. The highest BCUT2D eigenvalue weighted by molar-refractivity contribution is 6.33. The van der Waals surface area contributed by atoms with E-state index in [2.05, 4.69) is 12.2 Å². The molecule has 0 aliphatic heterocycles. The summed E-state index contributed by atoms with van der Waals surface area (Å²) in [6.07, 6.45) is 7.86. The Hall–Kier alpha value is -1.55. The molecule has 0 radical (unpaired) electrons. The molecule has 140 valence electrons. The van der Waals surface area contributed by atoms with Crippen molar-refractivity contribution >= 4 is 23.5 Å². The summed E-state index contributed by atoms with van der Waals surface area (Å²) in [6.45, 7) is 1.86. The molecule has 0 spiro atoms. The number of carbonyl (C=O) groups excluding carboxylic acids is 2. The zero-order valence-corrected chi connectivity index (χ0v) is 15.9. The van der Waals surface area contributed by atoms with Gasteiger partial charge in [0.25, 0.3) is 5.91 Å². The highest BCUT2D eigenvalue weighted by Crippen LogP contribution is 2.61. The number of hydrogen-bond donors (Lipinski definition) is 1. The first kappa shape index (κ1) is 17.8. The normalized spacial score (nSPS) is 32.9. The van der Waals surface area contributed by atoms with Crippen LogP contribution in [0.1, 0.15) is 55.8 Å². The number of halogens is 1. The lowest BCUT2D eigenvalue weighted by molar-refractivity contribution is -0.128. The zero-order chi connectivity index (χ0) is 18.3. The molecular formula is C21H26ClNO3. The van der Waals surface area contributed by atoms with E-state index < -0.39 is 5.97 Å². The van der Waals surface area contributed by atoms with Crippen molar-refractivity contribution in [2.24, 2.45) is 23.2 Å². The van der Waals surface area contributed by atoms with Crippen molar-refractivity contribution in [1.82, 2.24) is 5.32 Å². The predicted octanol–water partition coefficient (Wildman–Crippen LogP) is 4.22. The van der Waals surface area contributed by atoms with Gasteiger partial charge in [0.05, 0.1) is 10.6 Å². The third kappa shape index (κ3) is 3.36. The van der Waals surface area contributed by atoms with E-state index >= 15 is 0 Å². The monoisotopic (exact) mass is 375 g/mol. The standard InChI is InChI=1S/C21H26ClNO3/c1-13(21-9-14-6-15(10-21)8-16(7-14)11-21)23-19(24)12-26-20(25)17-4-2-3-5-18(17)22/h2-5,13-16H,6-12H2,1H3,(H,23,24)/t13-,14?,15?,16?,21?/m0/s1. The minimum Gasteiger partial charge on any atom is -0.452 e. The number of rotatable bonds is 5. The second kappa shape index (κ2) is 6.88. The number of ether oxygens (including phenoxy) is 1. The fourth-order valence-corrected chi connectivity index (χ4v) is 6.19. The third-order valence-corrected chi connectivity index (χ3v) is 7.14. The van der Waals surface area contributed by atoms with Gasteiger partial charge < -0.3 is 10.1 Å². The Morgan fingerprint density at radius 2 is 1.73 bits per heavy atom. The maximum Gasteiger partial charge on any atom is 0.340 e. The van der Waals surface area contributed by atoms with Crippen molar-refractivity contribution in [3.63, 3.8) is 0 Å². The summed E-state index contributed by atoms with van der Waals surface area (Å²) >= 11 is 5.99. The van der Waals surface area contributed by atoms with E-state index in [4.69, 9.17) is 16.3 Å². The second-order valence-electron chi connectivity index (χ2n) is 8.63. The van der Waals surface area contributed by atoms with E-state index in [1.54, 1.807) is 24.3 Å². The van der Waals surface area contributed by atoms with E-state index in [1.807, 2.05) is 0 Å². The van der Waals surface area contributed by atoms with Gasteiger partial charge in [0.1, 0.15) is 0 Å². The molecule has 1 aromatic carbocycles. The van der Waals surface area contributed by atoms with Gasteiger partial charge in [0.2, 0.25) is 0 Å². The average molecular weight is 376 g/mol. The fraction of sp³-hybridized carbons (Fsp3) is 0.619. The van der Waals surface area contributed by atoms with E-state index in [0.717, 1.165) is 17.8 Å². The highest BCUT2D eigenvalue weighted by Gasteiger charge is 2.53. The van der Waals surface area contributed by atoms with Crippen LogP contribution in [0.5, 0.6) is 0 Å². The summed E-state index contributed by atoms with van der Waals surface area (Å²) in [5.41, 5.74) is 0.535. The van der Waals surface area contributed by atoms with Crippen molar-refractivity contribution in [2.45, 2.75) is 51.5 Å². The quantitative estimate of drug-likeness (QED) is 0.784. The highest BCUT2D eigenvalue weighted by atomic mass is 35.5.